The Labute approximate surface area is 102 Å². The highest BCUT2D eigenvalue weighted by atomic mass is 16.7. The quantitative estimate of drug-likeness (QED) is 0.796. The van der Waals surface area contributed by atoms with E-state index in [1.54, 1.807) is 0 Å². The minimum Gasteiger partial charge on any atom is -0.479 e. The molecule has 98 valence electrons. The van der Waals surface area contributed by atoms with Crippen molar-refractivity contribution in [2.24, 2.45) is 5.92 Å². The van der Waals surface area contributed by atoms with Crippen LogP contribution in [0.25, 0.3) is 0 Å². The van der Waals surface area contributed by atoms with E-state index in [9.17, 15) is 4.79 Å². The van der Waals surface area contributed by atoms with Crippen LogP contribution >= 0.6 is 0 Å². The fourth-order valence-electron chi connectivity index (χ4n) is 2.61. The molecular formula is C12H21NO4. The maximum atomic E-state index is 10.7. The summed E-state index contributed by atoms with van der Waals surface area (Å²) in [6.45, 7) is 5.70. The van der Waals surface area contributed by atoms with Gasteiger partial charge in [0.25, 0.3) is 0 Å². The van der Waals surface area contributed by atoms with Crippen LogP contribution in [0.4, 0.5) is 0 Å². The highest BCUT2D eigenvalue weighted by Crippen LogP contribution is 2.25. The Hall–Kier alpha value is -0.650. The van der Waals surface area contributed by atoms with Crippen LogP contribution in [0.5, 0.6) is 0 Å². The summed E-state index contributed by atoms with van der Waals surface area (Å²) in [7, 11) is 0. The standard InChI is InChI=1S/C12H21NO4/c1-2-13-5-3-4-9(7-13)6-11-16-8-10(17-11)12(14)15/h9-11H,2-8H2,1H3,(H,14,15). The Morgan fingerprint density at radius 2 is 2.35 bits per heavy atom. The third-order valence-corrected chi connectivity index (χ3v) is 3.60. The van der Waals surface area contributed by atoms with E-state index >= 15 is 0 Å². The molecule has 17 heavy (non-hydrogen) atoms. The summed E-state index contributed by atoms with van der Waals surface area (Å²) < 4.78 is 10.7. The molecule has 2 heterocycles. The maximum Gasteiger partial charge on any atom is 0.335 e. The van der Waals surface area contributed by atoms with E-state index in [2.05, 4.69) is 11.8 Å². The smallest absolute Gasteiger partial charge is 0.335 e. The van der Waals surface area contributed by atoms with Crippen LogP contribution in [-0.4, -0.2) is 54.6 Å². The summed E-state index contributed by atoms with van der Waals surface area (Å²) in [6.07, 6.45) is 2.13. The van der Waals surface area contributed by atoms with Crippen molar-refractivity contribution in [1.29, 1.82) is 0 Å². The normalized spacial score (nSPS) is 35.0. The molecule has 0 aromatic rings. The van der Waals surface area contributed by atoms with Gasteiger partial charge in [0.2, 0.25) is 0 Å². The molecule has 5 heteroatoms. The highest BCUT2D eigenvalue weighted by Gasteiger charge is 2.33. The molecular weight excluding hydrogens is 222 g/mol. The number of piperidine rings is 1. The van der Waals surface area contributed by atoms with Crippen LogP contribution in [0.1, 0.15) is 26.2 Å². The number of aliphatic carboxylic acids is 1. The Morgan fingerprint density at radius 3 is 3.00 bits per heavy atom. The van der Waals surface area contributed by atoms with Gasteiger partial charge < -0.3 is 19.5 Å². The Bertz CT molecular complexity index is 271. The molecule has 5 nitrogen and oxygen atoms in total. The molecule has 2 aliphatic heterocycles. The highest BCUT2D eigenvalue weighted by molar-refractivity contribution is 5.72. The van der Waals surface area contributed by atoms with E-state index in [0.29, 0.717) is 5.92 Å². The summed E-state index contributed by atoms with van der Waals surface area (Å²) in [6, 6.07) is 0. The molecule has 3 unspecified atom stereocenters. The Morgan fingerprint density at radius 1 is 1.53 bits per heavy atom. The van der Waals surface area contributed by atoms with Gasteiger partial charge in [-0.1, -0.05) is 6.92 Å². The van der Waals surface area contributed by atoms with Gasteiger partial charge in [0.05, 0.1) is 6.61 Å². The summed E-state index contributed by atoms with van der Waals surface area (Å²) in [5.41, 5.74) is 0. The molecule has 1 N–H and O–H groups in total. The third-order valence-electron chi connectivity index (χ3n) is 3.60. The van der Waals surface area contributed by atoms with Crippen molar-refractivity contribution in [1.82, 2.24) is 4.90 Å². The lowest BCUT2D eigenvalue weighted by Crippen LogP contribution is -2.36. The number of nitrogens with zero attached hydrogens (tertiary/aromatic N) is 1. The number of hydrogen-bond donors (Lipinski definition) is 1. The van der Waals surface area contributed by atoms with Gasteiger partial charge in [-0.25, -0.2) is 4.79 Å². The first-order valence-corrected chi connectivity index (χ1v) is 6.41. The van der Waals surface area contributed by atoms with Crippen LogP contribution in [-0.2, 0) is 14.3 Å². The van der Waals surface area contributed by atoms with E-state index in [4.69, 9.17) is 14.6 Å². The van der Waals surface area contributed by atoms with Crippen molar-refractivity contribution >= 4 is 5.97 Å². The molecule has 2 saturated heterocycles. The molecule has 0 aromatic carbocycles. The predicted octanol–water partition coefficient (Wildman–Crippen LogP) is 0.934. The number of hydrogen-bond acceptors (Lipinski definition) is 4. The second-order valence-electron chi connectivity index (χ2n) is 4.86. The van der Waals surface area contributed by atoms with Gasteiger partial charge in [-0.3, -0.25) is 0 Å². The second-order valence-corrected chi connectivity index (χ2v) is 4.86. The van der Waals surface area contributed by atoms with E-state index in [1.165, 1.54) is 19.4 Å². The molecule has 2 aliphatic rings. The zero-order valence-corrected chi connectivity index (χ0v) is 10.3. The van der Waals surface area contributed by atoms with Crippen LogP contribution in [0.3, 0.4) is 0 Å². The minimum absolute atomic E-state index is 0.185. The van der Waals surface area contributed by atoms with Gasteiger partial charge in [0.15, 0.2) is 12.4 Å². The first-order valence-electron chi connectivity index (χ1n) is 6.41. The summed E-state index contributed by atoms with van der Waals surface area (Å²) in [5.74, 6) is -0.354. The van der Waals surface area contributed by atoms with Crippen molar-refractivity contribution in [3.8, 4) is 0 Å². The van der Waals surface area contributed by atoms with E-state index < -0.39 is 12.1 Å². The largest absolute Gasteiger partial charge is 0.479 e. The fraction of sp³-hybridized carbons (Fsp3) is 0.917. The van der Waals surface area contributed by atoms with Crippen molar-refractivity contribution in [3.05, 3.63) is 0 Å². The van der Waals surface area contributed by atoms with Crippen molar-refractivity contribution in [2.75, 3.05) is 26.2 Å². The lowest BCUT2D eigenvalue weighted by atomic mass is 9.94. The average molecular weight is 243 g/mol. The molecule has 2 rings (SSSR count). The molecule has 0 saturated carbocycles. The predicted molar refractivity (Wildman–Crippen MR) is 61.7 cm³/mol. The van der Waals surface area contributed by atoms with Crippen LogP contribution in [0, 0.1) is 5.92 Å². The summed E-state index contributed by atoms with van der Waals surface area (Å²) >= 11 is 0. The van der Waals surface area contributed by atoms with Gasteiger partial charge >= 0.3 is 5.97 Å². The first-order chi connectivity index (χ1) is 8.19. The number of carboxylic acid groups (broad SMARTS) is 1. The average Bonchev–Trinajstić information content (AvgIpc) is 2.78. The molecule has 0 spiro atoms. The molecule has 0 radical (unpaired) electrons. The van der Waals surface area contributed by atoms with Crippen molar-refractivity contribution < 1.29 is 19.4 Å². The Kier molecular flexibility index (Phi) is 4.36. The molecule has 2 fully saturated rings. The second kappa shape index (κ2) is 5.80. The van der Waals surface area contributed by atoms with E-state index in [1.807, 2.05) is 0 Å². The molecule has 0 amide bonds. The summed E-state index contributed by atoms with van der Waals surface area (Å²) in [5, 5.41) is 8.80. The number of rotatable bonds is 4. The maximum absolute atomic E-state index is 10.7. The van der Waals surface area contributed by atoms with Gasteiger partial charge in [0.1, 0.15) is 0 Å². The lowest BCUT2D eigenvalue weighted by molar-refractivity contribution is -0.151. The van der Waals surface area contributed by atoms with Gasteiger partial charge in [-0.2, -0.15) is 0 Å². The van der Waals surface area contributed by atoms with Crippen molar-refractivity contribution in [3.63, 3.8) is 0 Å². The molecule has 3 atom stereocenters. The van der Waals surface area contributed by atoms with Crippen molar-refractivity contribution in [2.45, 2.75) is 38.6 Å². The zero-order valence-electron chi connectivity index (χ0n) is 10.3. The number of carboxylic acids is 1. The topological polar surface area (TPSA) is 59.0 Å². The summed E-state index contributed by atoms with van der Waals surface area (Å²) in [4.78, 5) is 13.2. The lowest BCUT2D eigenvalue weighted by Gasteiger charge is -2.32. The number of ether oxygens (including phenoxy) is 2. The minimum atomic E-state index is -0.925. The van der Waals surface area contributed by atoms with Gasteiger partial charge in [-0.15, -0.1) is 0 Å². The molecule has 0 bridgehead atoms. The monoisotopic (exact) mass is 243 g/mol. The fourth-order valence-corrected chi connectivity index (χ4v) is 2.61. The van der Waals surface area contributed by atoms with E-state index in [-0.39, 0.29) is 12.9 Å². The van der Waals surface area contributed by atoms with Gasteiger partial charge in [-0.05, 0) is 31.8 Å². The third kappa shape index (κ3) is 3.40. The van der Waals surface area contributed by atoms with Crippen LogP contribution < -0.4 is 0 Å². The van der Waals surface area contributed by atoms with Crippen LogP contribution in [0.2, 0.25) is 0 Å². The molecule has 0 aromatic heterocycles. The first kappa shape index (κ1) is 12.8. The number of likely N-dealkylation sites (tertiary alicyclic amines) is 1. The number of carbonyl (C=O) groups is 1. The Balaban J connectivity index is 1.76. The SMILES string of the molecule is CCN1CCCC(CC2OCC(C(=O)O)O2)C1. The van der Waals surface area contributed by atoms with E-state index in [0.717, 1.165) is 19.5 Å². The zero-order chi connectivity index (χ0) is 12.3. The molecule has 0 aliphatic carbocycles. The van der Waals surface area contributed by atoms with Gasteiger partial charge in [0, 0.05) is 13.0 Å². The van der Waals surface area contributed by atoms with Crippen LogP contribution in [0.15, 0.2) is 0 Å².